The zero-order valence-electron chi connectivity index (χ0n) is 38.6. The fourth-order valence-electron chi connectivity index (χ4n) is 9.14. The Labute approximate surface area is 390 Å². The Kier molecular flexibility index (Phi) is 19.9. The third-order valence-corrected chi connectivity index (χ3v) is 12.1. The summed E-state index contributed by atoms with van der Waals surface area (Å²) in [6.45, 7) is 22.9. The molecular weight excluding hydrogens is 879 g/mol. The highest BCUT2D eigenvalue weighted by atomic mass is 16.6. The van der Waals surface area contributed by atoms with Crippen LogP contribution >= 0.6 is 0 Å². The molecule has 0 aromatic rings. The minimum atomic E-state index is -1.40. The van der Waals surface area contributed by atoms with Gasteiger partial charge in [0.2, 0.25) is 0 Å². The predicted molar refractivity (Wildman–Crippen MR) is 236 cm³/mol. The quantitative estimate of drug-likeness (QED) is 0.0614. The van der Waals surface area contributed by atoms with Crippen molar-refractivity contribution in [2.45, 2.75) is 71.3 Å². The van der Waals surface area contributed by atoms with Crippen LogP contribution in [0.4, 0.5) is 4.79 Å². The van der Waals surface area contributed by atoms with Crippen molar-refractivity contribution in [3.63, 3.8) is 0 Å². The summed E-state index contributed by atoms with van der Waals surface area (Å²) in [6, 6.07) is 0. The first-order valence-corrected chi connectivity index (χ1v) is 21.5. The first kappa shape index (κ1) is 54.8. The third-order valence-electron chi connectivity index (χ3n) is 12.1. The van der Waals surface area contributed by atoms with E-state index in [9.17, 15) is 43.2 Å². The Balaban J connectivity index is 1.84. The van der Waals surface area contributed by atoms with Crippen molar-refractivity contribution in [1.82, 2.24) is 5.32 Å². The van der Waals surface area contributed by atoms with Crippen molar-refractivity contribution in [1.29, 1.82) is 0 Å². The van der Waals surface area contributed by atoms with Crippen molar-refractivity contribution < 1.29 is 85.8 Å². The van der Waals surface area contributed by atoms with E-state index in [-0.39, 0.29) is 90.1 Å². The van der Waals surface area contributed by atoms with Gasteiger partial charge >= 0.3 is 53.8 Å². The van der Waals surface area contributed by atoms with Crippen LogP contribution in [0.5, 0.6) is 0 Å². The topological polar surface area (TPSA) is 249 Å². The monoisotopic (exact) mass is 941 g/mol. The molecule has 0 aliphatic heterocycles. The molecule has 0 radical (unpaired) electrons. The van der Waals surface area contributed by atoms with Gasteiger partial charge in [0.05, 0.1) is 32.7 Å². The van der Waals surface area contributed by atoms with E-state index in [1.807, 2.05) is 0 Å². The molecule has 4 bridgehead atoms. The van der Waals surface area contributed by atoms with E-state index >= 15 is 0 Å². The Morgan fingerprint density at radius 1 is 0.478 bits per heavy atom. The number of carbonyl (C=O) groups excluding carboxylic acids is 9. The van der Waals surface area contributed by atoms with Gasteiger partial charge in [-0.2, -0.15) is 0 Å². The number of alkyl carbamates (subject to hydrolysis) is 1. The van der Waals surface area contributed by atoms with Crippen molar-refractivity contribution in [3.05, 3.63) is 75.9 Å². The van der Waals surface area contributed by atoms with E-state index in [1.54, 1.807) is 13.8 Å². The summed E-state index contributed by atoms with van der Waals surface area (Å²) in [6.07, 6.45) is 7.02. The van der Waals surface area contributed by atoms with Crippen LogP contribution in [0.2, 0.25) is 0 Å². The molecule has 0 spiro atoms. The van der Waals surface area contributed by atoms with Crippen molar-refractivity contribution in [2.75, 3.05) is 59.5 Å². The Morgan fingerprint density at radius 3 is 1.07 bits per heavy atom. The normalized spacial score (nSPS) is 21.4. The summed E-state index contributed by atoms with van der Waals surface area (Å²) in [7, 11) is 0. The van der Waals surface area contributed by atoms with Crippen LogP contribution in [-0.2, 0) is 81.0 Å². The number of ether oxygens (including phenoxy) is 9. The smallest absolute Gasteiger partial charge is 0.407 e. The molecule has 4 rings (SSSR count). The van der Waals surface area contributed by atoms with Crippen molar-refractivity contribution in [2.24, 2.45) is 39.4 Å². The van der Waals surface area contributed by atoms with Gasteiger partial charge in [0, 0.05) is 58.1 Å². The Morgan fingerprint density at radius 2 is 0.776 bits per heavy atom. The highest BCUT2D eigenvalue weighted by Crippen LogP contribution is 2.67. The minimum Gasteiger partial charge on any atom is -0.465 e. The molecule has 4 aliphatic carbocycles. The summed E-state index contributed by atoms with van der Waals surface area (Å²) < 4.78 is 48.9. The second-order valence-electron chi connectivity index (χ2n) is 18.6. The van der Waals surface area contributed by atoms with Gasteiger partial charge in [-0.1, -0.05) is 53.3 Å². The van der Waals surface area contributed by atoms with E-state index in [2.05, 4.69) is 44.8 Å². The molecule has 0 atom stereocenters. The largest absolute Gasteiger partial charge is 0.465 e. The van der Waals surface area contributed by atoms with Crippen LogP contribution in [-0.4, -0.2) is 119 Å². The van der Waals surface area contributed by atoms with E-state index in [0.717, 1.165) is 36.5 Å². The first-order chi connectivity index (χ1) is 31.5. The maximum atomic E-state index is 13.6. The summed E-state index contributed by atoms with van der Waals surface area (Å²) in [5.41, 5.74) is -4.93. The van der Waals surface area contributed by atoms with Gasteiger partial charge in [-0.25, -0.2) is 33.6 Å². The number of amides is 1. The molecule has 368 valence electrons. The number of esters is 8. The van der Waals surface area contributed by atoms with Crippen LogP contribution in [0.1, 0.15) is 65.7 Å². The summed E-state index contributed by atoms with van der Waals surface area (Å²) in [4.78, 5) is 112. The molecule has 19 nitrogen and oxygen atoms in total. The molecule has 4 saturated carbocycles. The van der Waals surface area contributed by atoms with Gasteiger partial charge in [0.15, 0.2) is 0 Å². The van der Waals surface area contributed by atoms with Gasteiger partial charge in [-0.15, -0.1) is 0 Å². The van der Waals surface area contributed by atoms with Crippen molar-refractivity contribution in [3.8, 4) is 0 Å². The molecule has 0 unspecified atom stereocenters. The summed E-state index contributed by atoms with van der Waals surface area (Å²) in [5, 5.41) is 2.64. The molecule has 1 amide bonds. The van der Waals surface area contributed by atoms with Crippen LogP contribution in [0.25, 0.3) is 0 Å². The molecule has 0 saturated heterocycles. The molecule has 0 aromatic carbocycles. The fraction of sp³-hybridized carbons (Fsp3) is 0.562. The lowest BCUT2D eigenvalue weighted by Crippen LogP contribution is -2.60. The predicted octanol–water partition coefficient (Wildman–Crippen LogP) is 4.54. The zero-order chi connectivity index (χ0) is 50.1. The fourth-order valence-corrected chi connectivity index (χ4v) is 9.14. The Bertz CT molecular complexity index is 1770. The van der Waals surface area contributed by atoms with Gasteiger partial charge in [-0.05, 0) is 56.8 Å². The molecule has 4 fully saturated rings. The van der Waals surface area contributed by atoms with E-state index in [4.69, 9.17) is 42.6 Å². The minimum absolute atomic E-state index is 0.0236. The highest BCUT2D eigenvalue weighted by Gasteiger charge is 2.62. The lowest BCUT2D eigenvalue weighted by molar-refractivity contribution is -0.198. The average molecular weight is 942 g/mol. The SMILES string of the molecule is C=CC(=O)OCC(C)(COC(=O)C=C)CC(=O)OCC12CC3CC(COC(=O)CC(C)(COC(=O)C=C)COC(=O)C=C)(CC(C1)C3COC(=O)NC(C)(COC(=O)C=C)COC(=O)C=C)C2. The van der Waals surface area contributed by atoms with E-state index in [0.29, 0.717) is 32.1 Å². The van der Waals surface area contributed by atoms with Crippen molar-refractivity contribution >= 4 is 53.8 Å². The third kappa shape index (κ3) is 17.0. The standard InChI is InChI=1S/C48H63NO18/c1-10-35(50)60-24-44(7,25-61-36(51)11-2)20-41(56)66-30-47-16-32-18-48(23-47,31-67-42(57)21-45(8,26-62-37(52)12-3)27-63-38(53)13-4)19-33(17-47)34(32)22-59-43(58)49-46(9,28-64-39(54)14-5)29-65-40(55)15-6/h10-15,32-34H,1-6,16-31H2,7-9H3,(H,49,58). The van der Waals surface area contributed by atoms with Gasteiger partial charge in [0.1, 0.15) is 45.2 Å². The van der Waals surface area contributed by atoms with Gasteiger partial charge < -0.3 is 47.9 Å². The molecule has 0 aromatic heterocycles. The molecule has 1 N–H and O–H groups in total. The Hall–Kier alpha value is -6.53. The second-order valence-corrected chi connectivity index (χ2v) is 18.6. The summed E-state index contributed by atoms with van der Waals surface area (Å²) >= 11 is 0. The maximum Gasteiger partial charge on any atom is 0.407 e. The van der Waals surface area contributed by atoms with E-state index in [1.165, 1.54) is 6.92 Å². The number of carbonyl (C=O) groups is 9. The average Bonchev–Trinajstić information content (AvgIpc) is 3.30. The zero-order valence-corrected chi connectivity index (χ0v) is 38.6. The summed E-state index contributed by atoms with van der Waals surface area (Å²) in [5.74, 6) is -6.16. The van der Waals surface area contributed by atoms with Crippen LogP contribution < -0.4 is 5.32 Å². The molecular formula is C48H63NO18. The van der Waals surface area contributed by atoms with Gasteiger partial charge in [-0.3, -0.25) is 9.59 Å². The highest BCUT2D eigenvalue weighted by molar-refractivity contribution is 5.83. The van der Waals surface area contributed by atoms with Crippen LogP contribution in [0.15, 0.2) is 75.9 Å². The number of hydrogen-bond donors (Lipinski definition) is 1. The lowest BCUT2D eigenvalue weighted by Gasteiger charge is -2.64. The molecule has 67 heavy (non-hydrogen) atoms. The molecule has 4 aliphatic rings. The molecule has 19 heteroatoms. The number of nitrogens with one attached hydrogen (secondary N) is 1. The van der Waals surface area contributed by atoms with Gasteiger partial charge in [0.25, 0.3) is 0 Å². The number of hydrogen-bond acceptors (Lipinski definition) is 18. The maximum absolute atomic E-state index is 13.6. The first-order valence-electron chi connectivity index (χ1n) is 21.5. The number of rotatable bonds is 29. The second kappa shape index (κ2) is 24.3. The van der Waals surface area contributed by atoms with E-state index < -0.39 is 81.0 Å². The van der Waals surface area contributed by atoms with Crippen LogP contribution in [0.3, 0.4) is 0 Å². The molecule has 0 heterocycles. The van der Waals surface area contributed by atoms with Crippen LogP contribution in [0, 0.1) is 39.4 Å². The lowest BCUT2D eigenvalue weighted by atomic mass is 9.41.